The fraction of sp³-hybridized carbons (Fsp3) is 0.353. The molecule has 1 aliphatic rings. The molecule has 2 nitrogen and oxygen atoms in total. The third-order valence-corrected chi connectivity index (χ3v) is 3.29. The second kappa shape index (κ2) is 7.57. The van der Waals surface area contributed by atoms with Crippen molar-refractivity contribution in [1.82, 2.24) is 4.98 Å². The van der Waals surface area contributed by atoms with Crippen LogP contribution in [0.2, 0.25) is 0 Å². The number of para-hydroxylation sites is 1. The lowest BCUT2D eigenvalue weighted by Gasteiger charge is -2.28. The Morgan fingerprint density at radius 3 is 2.05 bits per heavy atom. The normalized spacial score (nSPS) is 14.5. The SMILES string of the molecule is Cc1ccccn1.c1ccc(N2CCCCC2)cc1. The number of piperidine rings is 1. The summed E-state index contributed by atoms with van der Waals surface area (Å²) in [5, 5.41) is 0. The van der Waals surface area contributed by atoms with Crippen LogP contribution in [0.5, 0.6) is 0 Å². The van der Waals surface area contributed by atoms with Gasteiger partial charge in [-0.3, -0.25) is 4.98 Å². The number of hydrogen-bond acceptors (Lipinski definition) is 2. The van der Waals surface area contributed by atoms with Gasteiger partial charge >= 0.3 is 0 Å². The number of nitrogens with zero attached hydrogens (tertiary/aromatic N) is 2. The molecule has 1 fully saturated rings. The highest BCUT2D eigenvalue weighted by Gasteiger charge is 2.09. The van der Waals surface area contributed by atoms with Gasteiger partial charge in [-0.25, -0.2) is 0 Å². The minimum Gasteiger partial charge on any atom is -0.372 e. The van der Waals surface area contributed by atoms with E-state index < -0.39 is 0 Å². The van der Waals surface area contributed by atoms with Gasteiger partial charge in [0, 0.05) is 30.7 Å². The van der Waals surface area contributed by atoms with Crippen molar-refractivity contribution in [3.63, 3.8) is 0 Å². The second-order valence-corrected chi connectivity index (χ2v) is 4.85. The fourth-order valence-corrected chi connectivity index (χ4v) is 2.24. The van der Waals surface area contributed by atoms with Crippen molar-refractivity contribution in [1.29, 1.82) is 0 Å². The summed E-state index contributed by atoms with van der Waals surface area (Å²) in [6.07, 6.45) is 5.91. The number of benzene rings is 1. The van der Waals surface area contributed by atoms with E-state index in [0.717, 1.165) is 5.69 Å². The van der Waals surface area contributed by atoms with Crippen LogP contribution in [-0.4, -0.2) is 18.1 Å². The van der Waals surface area contributed by atoms with Crippen LogP contribution in [0.15, 0.2) is 54.7 Å². The molecule has 0 amide bonds. The minimum absolute atomic E-state index is 1.07. The molecule has 3 rings (SSSR count). The van der Waals surface area contributed by atoms with Gasteiger partial charge in [-0.2, -0.15) is 0 Å². The largest absolute Gasteiger partial charge is 0.372 e. The predicted molar refractivity (Wildman–Crippen MR) is 81.5 cm³/mol. The third-order valence-electron chi connectivity index (χ3n) is 3.29. The summed E-state index contributed by atoms with van der Waals surface area (Å²) in [5.41, 5.74) is 2.46. The molecule has 2 heteroatoms. The van der Waals surface area contributed by atoms with Crippen molar-refractivity contribution in [2.24, 2.45) is 0 Å². The molecule has 0 radical (unpaired) electrons. The standard InChI is InChI=1S/C11H15N.C6H7N/c1-3-7-11(8-4-1)12-9-5-2-6-10-12;1-6-4-2-3-5-7-6/h1,3-4,7-8H,2,5-6,9-10H2;2-5H,1H3. The molecule has 1 aromatic heterocycles. The molecule has 1 aliphatic heterocycles. The van der Waals surface area contributed by atoms with Crippen molar-refractivity contribution in [2.45, 2.75) is 26.2 Å². The van der Waals surface area contributed by atoms with Crippen LogP contribution in [-0.2, 0) is 0 Å². The van der Waals surface area contributed by atoms with Gasteiger partial charge in [0.15, 0.2) is 0 Å². The van der Waals surface area contributed by atoms with Gasteiger partial charge in [0.25, 0.3) is 0 Å². The Bertz CT molecular complexity index is 447. The molecule has 0 bridgehead atoms. The molecule has 0 aliphatic carbocycles. The number of hydrogen-bond donors (Lipinski definition) is 0. The van der Waals surface area contributed by atoms with Gasteiger partial charge in [0.05, 0.1) is 0 Å². The van der Waals surface area contributed by atoms with Crippen molar-refractivity contribution in [3.05, 3.63) is 60.4 Å². The van der Waals surface area contributed by atoms with Crippen molar-refractivity contribution >= 4 is 5.69 Å². The topological polar surface area (TPSA) is 16.1 Å². The molecule has 100 valence electrons. The highest BCUT2D eigenvalue weighted by Crippen LogP contribution is 2.18. The average molecular weight is 254 g/mol. The molecule has 0 spiro atoms. The van der Waals surface area contributed by atoms with E-state index in [-0.39, 0.29) is 0 Å². The molecule has 0 unspecified atom stereocenters. The lowest BCUT2D eigenvalue weighted by molar-refractivity contribution is 0.578. The molecule has 2 aromatic rings. The zero-order valence-corrected chi connectivity index (χ0v) is 11.6. The predicted octanol–water partition coefficient (Wildman–Crippen LogP) is 4.07. The molecular weight excluding hydrogens is 232 g/mol. The Morgan fingerprint density at radius 2 is 1.53 bits per heavy atom. The number of anilines is 1. The second-order valence-electron chi connectivity index (χ2n) is 4.85. The van der Waals surface area contributed by atoms with E-state index in [1.54, 1.807) is 6.20 Å². The van der Waals surface area contributed by atoms with Crippen LogP contribution in [0.1, 0.15) is 25.0 Å². The van der Waals surface area contributed by atoms with Gasteiger partial charge in [0.1, 0.15) is 0 Å². The van der Waals surface area contributed by atoms with Crippen molar-refractivity contribution < 1.29 is 0 Å². The van der Waals surface area contributed by atoms with Crippen LogP contribution in [0.4, 0.5) is 5.69 Å². The van der Waals surface area contributed by atoms with Crippen molar-refractivity contribution in [3.8, 4) is 0 Å². The zero-order chi connectivity index (χ0) is 13.3. The van der Waals surface area contributed by atoms with Gasteiger partial charge in [0.2, 0.25) is 0 Å². The van der Waals surface area contributed by atoms with Gasteiger partial charge < -0.3 is 4.90 Å². The first-order chi connectivity index (χ1) is 9.36. The Hall–Kier alpha value is -1.83. The van der Waals surface area contributed by atoms with Crippen LogP contribution in [0.25, 0.3) is 0 Å². The zero-order valence-electron chi connectivity index (χ0n) is 11.6. The Balaban J connectivity index is 0.000000163. The average Bonchev–Trinajstić information content (AvgIpc) is 2.51. The summed E-state index contributed by atoms with van der Waals surface area (Å²) in [6, 6.07) is 16.6. The van der Waals surface area contributed by atoms with E-state index in [0.29, 0.717) is 0 Å². The monoisotopic (exact) mass is 254 g/mol. The molecule has 0 saturated carbocycles. The number of aromatic nitrogens is 1. The van der Waals surface area contributed by atoms with E-state index in [2.05, 4.69) is 40.2 Å². The van der Waals surface area contributed by atoms with Crippen LogP contribution in [0.3, 0.4) is 0 Å². The first-order valence-corrected chi connectivity index (χ1v) is 7.04. The highest BCUT2D eigenvalue weighted by molar-refractivity contribution is 5.46. The summed E-state index contributed by atoms with van der Waals surface area (Å²) < 4.78 is 0. The summed E-state index contributed by atoms with van der Waals surface area (Å²) in [5.74, 6) is 0. The van der Waals surface area contributed by atoms with Crippen molar-refractivity contribution in [2.75, 3.05) is 18.0 Å². The summed E-state index contributed by atoms with van der Waals surface area (Å²) in [4.78, 5) is 6.45. The molecule has 2 heterocycles. The minimum atomic E-state index is 1.07. The van der Waals surface area contributed by atoms with Gasteiger partial charge in [-0.15, -0.1) is 0 Å². The maximum Gasteiger partial charge on any atom is 0.0372 e. The third kappa shape index (κ3) is 4.74. The van der Waals surface area contributed by atoms with Crippen LogP contribution < -0.4 is 4.90 Å². The summed E-state index contributed by atoms with van der Waals surface area (Å²) in [6.45, 7) is 4.45. The smallest absolute Gasteiger partial charge is 0.0372 e. The van der Waals surface area contributed by atoms with Gasteiger partial charge in [-0.1, -0.05) is 24.3 Å². The lowest BCUT2D eigenvalue weighted by Crippen LogP contribution is -2.29. The molecular formula is C17H22N2. The van der Waals surface area contributed by atoms with Crippen LogP contribution >= 0.6 is 0 Å². The maximum atomic E-state index is 3.98. The number of aryl methyl sites for hydroxylation is 1. The first-order valence-electron chi connectivity index (χ1n) is 7.04. The van der Waals surface area contributed by atoms with E-state index >= 15 is 0 Å². The summed E-state index contributed by atoms with van der Waals surface area (Å²) >= 11 is 0. The summed E-state index contributed by atoms with van der Waals surface area (Å²) in [7, 11) is 0. The maximum absolute atomic E-state index is 3.98. The Kier molecular flexibility index (Phi) is 5.42. The Labute approximate surface area is 116 Å². The Morgan fingerprint density at radius 1 is 0.842 bits per heavy atom. The quantitative estimate of drug-likeness (QED) is 0.762. The van der Waals surface area contributed by atoms with E-state index in [9.17, 15) is 0 Å². The number of rotatable bonds is 1. The highest BCUT2D eigenvalue weighted by atomic mass is 15.1. The molecule has 1 saturated heterocycles. The molecule has 0 atom stereocenters. The molecule has 1 aromatic carbocycles. The van der Waals surface area contributed by atoms with Crippen LogP contribution in [0, 0.1) is 6.92 Å². The fourth-order valence-electron chi connectivity index (χ4n) is 2.24. The lowest BCUT2D eigenvalue weighted by atomic mass is 10.1. The van der Waals surface area contributed by atoms with E-state index in [1.807, 2.05) is 25.1 Å². The molecule has 0 N–H and O–H groups in total. The number of pyridine rings is 1. The molecule has 19 heavy (non-hydrogen) atoms. The van der Waals surface area contributed by atoms with Gasteiger partial charge in [-0.05, 0) is 50.5 Å². The first kappa shape index (κ1) is 13.6. The van der Waals surface area contributed by atoms with E-state index in [1.165, 1.54) is 38.0 Å². The van der Waals surface area contributed by atoms with E-state index in [4.69, 9.17) is 0 Å².